The summed E-state index contributed by atoms with van der Waals surface area (Å²) < 4.78 is 42.4. The lowest BCUT2D eigenvalue weighted by atomic mass is 10.5. The van der Waals surface area contributed by atoms with Gasteiger partial charge < -0.3 is 31.3 Å². The van der Waals surface area contributed by atoms with Crippen LogP contribution in [-0.2, 0) is 31.3 Å². The van der Waals surface area contributed by atoms with Crippen LogP contribution < -0.4 is 0 Å². The van der Waals surface area contributed by atoms with Crippen LogP contribution in [0.5, 0.6) is 0 Å². The van der Waals surface area contributed by atoms with Crippen molar-refractivity contribution < 1.29 is 31.3 Å². The minimum absolute atomic E-state index is 0.338. The van der Waals surface area contributed by atoms with Gasteiger partial charge in [-0.3, -0.25) is 0 Å². The van der Waals surface area contributed by atoms with E-state index >= 15 is 0 Å². The zero-order valence-electron chi connectivity index (χ0n) is 22.5. The first kappa shape index (κ1) is 29.8. The number of hydrogen-bond donors (Lipinski definition) is 0. The summed E-state index contributed by atoms with van der Waals surface area (Å²) in [7, 11) is -8.33. The van der Waals surface area contributed by atoms with Gasteiger partial charge in [0.15, 0.2) is 16.6 Å². The highest BCUT2D eigenvalue weighted by Gasteiger charge is 2.45. The molecule has 0 N–H and O–H groups in total. The molecule has 3 atom stereocenters. The maximum atomic E-state index is 6.91. The predicted molar refractivity (Wildman–Crippen MR) is 142 cm³/mol. The van der Waals surface area contributed by atoms with E-state index in [0.29, 0.717) is 12.2 Å². The van der Waals surface area contributed by atoms with Gasteiger partial charge >= 0.3 is 17.1 Å². The normalized spacial score (nSPS) is 22.9. The molecule has 2 aliphatic rings. The van der Waals surface area contributed by atoms with Crippen LogP contribution >= 0.6 is 0 Å². The zero-order valence-corrected chi connectivity index (χ0v) is 26.5. The molecule has 0 aliphatic carbocycles. The topological polar surface area (TPSA) is 71.2 Å². The third kappa shape index (κ3) is 14.0. The van der Waals surface area contributed by atoms with Gasteiger partial charge in [-0.1, -0.05) is 13.3 Å². The van der Waals surface area contributed by atoms with E-state index in [1.54, 1.807) is 0 Å². The molecule has 2 heterocycles. The molecule has 0 aromatic rings. The summed E-state index contributed by atoms with van der Waals surface area (Å²) in [5.74, 6) is 0. The van der Waals surface area contributed by atoms with Gasteiger partial charge in [0.2, 0.25) is 0 Å². The molecule has 0 aromatic heterocycles. The molecule has 7 nitrogen and oxygen atoms in total. The Balaban J connectivity index is 1.78. The molecule has 33 heavy (non-hydrogen) atoms. The van der Waals surface area contributed by atoms with E-state index < -0.39 is 33.8 Å². The Hall–Kier alpha value is 0.588. The maximum absolute atomic E-state index is 6.91. The SMILES string of the molecule is CCC[Si](C)(O[Si](C)(C)CCCOCC1CO1)O[Si](C)(C)O[Si](C)(C)CCCOCC1CO1. The Morgan fingerprint density at radius 1 is 0.667 bits per heavy atom. The Labute approximate surface area is 206 Å². The van der Waals surface area contributed by atoms with E-state index in [4.69, 9.17) is 31.3 Å². The van der Waals surface area contributed by atoms with Gasteiger partial charge in [-0.15, -0.1) is 0 Å². The number of epoxide rings is 2. The van der Waals surface area contributed by atoms with Crippen molar-refractivity contribution in [2.75, 3.05) is 39.6 Å². The van der Waals surface area contributed by atoms with E-state index in [2.05, 4.69) is 52.8 Å². The van der Waals surface area contributed by atoms with Gasteiger partial charge in [0.05, 0.1) is 26.4 Å². The number of hydrogen-bond acceptors (Lipinski definition) is 7. The van der Waals surface area contributed by atoms with Crippen molar-refractivity contribution >= 4 is 33.8 Å². The van der Waals surface area contributed by atoms with Gasteiger partial charge in [0.1, 0.15) is 12.2 Å². The van der Waals surface area contributed by atoms with E-state index in [9.17, 15) is 0 Å². The first-order valence-electron chi connectivity index (χ1n) is 12.8. The fourth-order valence-electron chi connectivity index (χ4n) is 4.43. The second kappa shape index (κ2) is 13.2. The maximum Gasteiger partial charge on any atom is 0.315 e. The summed E-state index contributed by atoms with van der Waals surface area (Å²) in [6.07, 6.45) is 3.82. The molecular weight excluding hydrogens is 489 g/mol. The minimum Gasteiger partial charge on any atom is -0.436 e. The van der Waals surface area contributed by atoms with Crippen molar-refractivity contribution in [3.05, 3.63) is 0 Å². The molecule has 3 unspecified atom stereocenters. The first-order chi connectivity index (χ1) is 15.3. The highest BCUT2D eigenvalue weighted by atomic mass is 28.5. The lowest BCUT2D eigenvalue weighted by Gasteiger charge is -2.42. The molecule has 0 saturated carbocycles. The minimum atomic E-state index is -2.32. The van der Waals surface area contributed by atoms with Crippen LogP contribution in [0, 0.1) is 0 Å². The van der Waals surface area contributed by atoms with Gasteiger partial charge in [0.25, 0.3) is 0 Å². The van der Waals surface area contributed by atoms with Crippen molar-refractivity contribution in [3.63, 3.8) is 0 Å². The summed E-state index contributed by atoms with van der Waals surface area (Å²) in [6, 6.07) is 3.18. The Bertz CT molecular complexity index is 571. The fourth-order valence-corrected chi connectivity index (χ4v) is 24.2. The smallest absolute Gasteiger partial charge is 0.315 e. The first-order valence-corrected chi connectivity index (χ1v) is 24.4. The van der Waals surface area contributed by atoms with Crippen molar-refractivity contribution in [1.82, 2.24) is 0 Å². The van der Waals surface area contributed by atoms with Gasteiger partial charge in [-0.25, -0.2) is 0 Å². The van der Waals surface area contributed by atoms with Crippen molar-refractivity contribution in [1.29, 1.82) is 0 Å². The van der Waals surface area contributed by atoms with Crippen LogP contribution in [0.4, 0.5) is 0 Å². The quantitative estimate of drug-likeness (QED) is 0.119. The monoisotopic (exact) mass is 538 g/mol. The number of rotatable bonds is 20. The molecule has 0 aromatic carbocycles. The molecule has 0 spiro atoms. The fraction of sp³-hybridized carbons (Fsp3) is 1.00. The Kier molecular flexibility index (Phi) is 11.9. The van der Waals surface area contributed by atoms with Crippen LogP contribution in [0.15, 0.2) is 0 Å². The number of ether oxygens (including phenoxy) is 4. The largest absolute Gasteiger partial charge is 0.436 e. The van der Waals surface area contributed by atoms with Crippen molar-refractivity contribution in [2.45, 2.75) is 102 Å². The van der Waals surface area contributed by atoms with Crippen LogP contribution in [0.25, 0.3) is 0 Å². The van der Waals surface area contributed by atoms with E-state index in [1.807, 2.05) is 0 Å². The standard InChI is InChI=1S/C22H50O7Si4/c1-9-14-33(8,28-31(4,5)16-11-13-24-18-22-20-26-22)29-32(6,7)27-30(2,3)15-10-12-23-17-21-19-25-21/h21-22H,9-20H2,1-8H3. The predicted octanol–water partition coefficient (Wildman–Crippen LogP) is 5.24. The van der Waals surface area contributed by atoms with Gasteiger partial charge in [0, 0.05) is 13.2 Å². The highest BCUT2D eigenvalue weighted by molar-refractivity contribution is 6.89. The average molecular weight is 539 g/mol. The molecule has 0 bridgehead atoms. The second-order valence-corrected chi connectivity index (χ2v) is 27.4. The summed E-state index contributed by atoms with van der Waals surface area (Å²) in [5.41, 5.74) is 0. The molecular formula is C22H50O7Si4. The highest BCUT2D eigenvalue weighted by Crippen LogP contribution is 2.30. The van der Waals surface area contributed by atoms with E-state index in [-0.39, 0.29) is 0 Å². The Morgan fingerprint density at radius 3 is 1.55 bits per heavy atom. The third-order valence-corrected chi connectivity index (χ3v) is 22.1. The average Bonchev–Trinajstić information content (AvgIpc) is 3.54. The van der Waals surface area contributed by atoms with Crippen LogP contribution in [0.1, 0.15) is 26.2 Å². The summed E-state index contributed by atoms with van der Waals surface area (Å²) in [6.45, 7) is 22.9. The van der Waals surface area contributed by atoms with Crippen molar-refractivity contribution in [2.24, 2.45) is 0 Å². The molecule has 11 heteroatoms. The lowest BCUT2D eigenvalue weighted by Crippen LogP contribution is -2.57. The van der Waals surface area contributed by atoms with Crippen LogP contribution in [-0.4, -0.2) is 85.6 Å². The van der Waals surface area contributed by atoms with E-state index in [1.165, 1.54) is 0 Å². The van der Waals surface area contributed by atoms with Crippen molar-refractivity contribution in [3.8, 4) is 0 Å². The van der Waals surface area contributed by atoms with Crippen LogP contribution in [0.2, 0.25) is 64.0 Å². The molecule has 2 saturated heterocycles. The molecule has 2 fully saturated rings. The molecule has 2 rings (SSSR count). The summed E-state index contributed by atoms with van der Waals surface area (Å²) in [4.78, 5) is 0. The van der Waals surface area contributed by atoms with Crippen LogP contribution in [0.3, 0.4) is 0 Å². The summed E-state index contributed by atoms with van der Waals surface area (Å²) in [5, 5.41) is 0. The Morgan fingerprint density at radius 2 is 1.12 bits per heavy atom. The zero-order chi connectivity index (χ0) is 24.6. The molecule has 0 amide bonds. The molecule has 0 radical (unpaired) electrons. The molecule has 2 aliphatic heterocycles. The third-order valence-electron chi connectivity index (χ3n) is 5.73. The lowest BCUT2D eigenvalue weighted by molar-refractivity contribution is 0.116. The molecule has 196 valence electrons. The van der Waals surface area contributed by atoms with Gasteiger partial charge in [-0.05, 0) is 76.8 Å². The summed E-state index contributed by atoms with van der Waals surface area (Å²) >= 11 is 0. The second-order valence-electron chi connectivity index (χ2n) is 11.4. The van der Waals surface area contributed by atoms with E-state index in [0.717, 1.165) is 77.0 Å². The van der Waals surface area contributed by atoms with Gasteiger partial charge in [-0.2, -0.15) is 0 Å².